The summed E-state index contributed by atoms with van der Waals surface area (Å²) in [4.78, 5) is 16.8. The SMILES string of the molecule is NC1=CC(Cl)(C(F)(F)F)C(OC(=O)c2cnccn2)(c2ccccc2)C(Cl)=C1. The van der Waals surface area contributed by atoms with Gasteiger partial charge in [-0.05, 0) is 12.2 Å². The number of allylic oxidation sites excluding steroid dienone is 1. The summed E-state index contributed by atoms with van der Waals surface area (Å²) in [6, 6.07) is 7.15. The Kier molecular flexibility index (Phi) is 5.12. The summed E-state index contributed by atoms with van der Waals surface area (Å²) in [5.41, 5.74) is 2.23. The number of ether oxygens (including phenoxy) is 1. The van der Waals surface area contributed by atoms with Gasteiger partial charge in [0.15, 0.2) is 5.69 Å². The molecule has 0 saturated heterocycles. The van der Waals surface area contributed by atoms with Crippen LogP contribution in [0.3, 0.4) is 0 Å². The third kappa shape index (κ3) is 3.12. The first-order valence-electron chi connectivity index (χ1n) is 7.78. The molecule has 0 aliphatic heterocycles. The third-order valence-corrected chi connectivity index (χ3v) is 5.08. The molecule has 5 nitrogen and oxygen atoms in total. The molecule has 0 fully saturated rings. The summed E-state index contributed by atoms with van der Waals surface area (Å²) in [5, 5.41) is -0.511. The number of hydrogen-bond acceptors (Lipinski definition) is 5. The van der Waals surface area contributed by atoms with E-state index in [9.17, 15) is 18.0 Å². The second-order valence-electron chi connectivity index (χ2n) is 5.87. The number of aromatic nitrogens is 2. The molecule has 28 heavy (non-hydrogen) atoms. The van der Waals surface area contributed by atoms with Gasteiger partial charge in [0.2, 0.25) is 10.5 Å². The number of rotatable bonds is 3. The average molecular weight is 430 g/mol. The minimum Gasteiger partial charge on any atom is -0.441 e. The second kappa shape index (κ2) is 7.10. The highest BCUT2D eigenvalue weighted by Gasteiger charge is 2.70. The van der Waals surface area contributed by atoms with Crippen LogP contribution >= 0.6 is 23.2 Å². The van der Waals surface area contributed by atoms with E-state index in [1.165, 1.54) is 36.7 Å². The molecule has 146 valence electrons. The van der Waals surface area contributed by atoms with Gasteiger partial charge in [-0.15, -0.1) is 0 Å². The maximum atomic E-state index is 14.2. The number of esters is 1. The summed E-state index contributed by atoms with van der Waals surface area (Å²) in [6.07, 6.45) is 0.0748. The number of halogens is 5. The lowest BCUT2D eigenvalue weighted by Crippen LogP contribution is -2.60. The van der Waals surface area contributed by atoms with Gasteiger partial charge in [0.1, 0.15) is 0 Å². The first-order valence-corrected chi connectivity index (χ1v) is 8.54. The fourth-order valence-corrected chi connectivity index (χ4v) is 3.72. The van der Waals surface area contributed by atoms with E-state index in [-0.39, 0.29) is 17.0 Å². The smallest absolute Gasteiger partial charge is 0.415 e. The summed E-state index contributed by atoms with van der Waals surface area (Å²) < 4.78 is 47.9. The van der Waals surface area contributed by atoms with Gasteiger partial charge in [-0.1, -0.05) is 53.5 Å². The Morgan fingerprint density at radius 1 is 1.18 bits per heavy atom. The number of nitrogens with two attached hydrogens (primary N) is 1. The van der Waals surface area contributed by atoms with Crippen LogP contribution in [0.1, 0.15) is 16.1 Å². The molecule has 10 heteroatoms. The molecule has 2 aromatic rings. The monoisotopic (exact) mass is 429 g/mol. The van der Waals surface area contributed by atoms with Gasteiger partial charge in [-0.2, -0.15) is 13.2 Å². The van der Waals surface area contributed by atoms with Gasteiger partial charge in [-0.25, -0.2) is 9.78 Å². The fraction of sp³-hybridized carbons (Fsp3) is 0.167. The summed E-state index contributed by atoms with van der Waals surface area (Å²) in [7, 11) is 0. The van der Waals surface area contributed by atoms with Crippen molar-refractivity contribution in [2.24, 2.45) is 5.73 Å². The number of benzene rings is 1. The molecular weight excluding hydrogens is 418 g/mol. The van der Waals surface area contributed by atoms with Gasteiger partial charge < -0.3 is 10.5 Å². The zero-order valence-corrected chi connectivity index (χ0v) is 15.5. The highest BCUT2D eigenvalue weighted by atomic mass is 35.5. The Balaban J connectivity index is 2.27. The van der Waals surface area contributed by atoms with Crippen LogP contribution in [0, 0.1) is 0 Å². The van der Waals surface area contributed by atoms with E-state index in [4.69, 9.17) is 33.7 Å². The van der Waals surface area contributed by atoms with Crippen LogP contribution in [0.15, 0.2) is 71.8 Å². The Morgan fingerprint density at radius 2 is 1.86 bits per heavy atom. The summed E-state index contributed by atoms with van der Waals surface area (Å²) >= 11 is 12.3. The quantitative estimate of drug-likeness (QED) is 0.588. The van der Waals surface area contributed by atoms with E-state index in [0.717, 1.165) is 12.3 Å². The predicted octanol–water partition coefficient (Wildman–Crippen LogP) is 4.05. The minimum absolute atomic E-state index is 0.0930. The highest BCUT2D eigenvalue weighted by Crippen LogP contribution is 2.58. The van der Waals surface area contributed by atoms with Gasteiger partial charge in [-0.3, -0.25) is 4.98 Å². The van der Waals surface area contributed by atoms with Gasteiger partial charge >= 0.3 is 12.1 Å². The summed E-state index contributed by atoms with van der Waals surface area (Å²) in [6.45, 7) is 0. The Hall–Kier alpha value is -2.58. The standard InChI is InChI=1S/C18H12Cl2F3N3O2/c19-14-8-12(24)9-16(20,18(21,22)23)17(14,11-4-2-1-3-5-11)28-15(27)13-10-25-6-7-26-13/h1-10H,24H2. The Bertz CT molecular complexity index is 952. The number of carbonyl (C=O) groups is 1. The van der Waals surface area contributed by atoms with Gasteiger partial charge in [0, 0.05) is 23.7 Å². The normalized spacial score (nSPS) is 24.9. The molecule has 1 heterocycles. The van der Waals surface area contributed by atoms with Crippen LogP contribution in [0.4, 0.5) is 13.2 Å². The first-order chi connectivity index (χ1) is 13.1. The lowest BCUT2D eigenvalue weighted by molar-refractivity contribution is -0.191. The average Bonchev–Trinajstić information content (AvgIpc) is 2.65. The van der Waals surface area contributed by atoms with Crippen molar-refractivity contribution in [3.63, 3.8) is 0 Å². The van der Waals surface area contributed by atoms with Crippen molar-refractivity contribution in [2.45, 2.75) is 16.7 Å². The van der Waals surface area contributed by atoms with E-state index in [2.05, 4.69) is 9.97 Å². The Morgan fingerprint density at radius 3 is 2.43 bits per heavy atom. The molecule has 2 atom stereocenters. The molecule has 2 unspecified atom stereocenters. The number of hydrogen-bond donors (Lipinski definition) is 1. The molecule has 0 radical (unpaired) electrons. The molecule has 1 aromatic carbocycles. The molecule has 0 bridgehead atoms. The lowest BCUT2D eigenvalue weighted by atomic mass is 9.76. The molecule has 0 amide bonds. The fourth-order valence-electron chi connectivity index (χ4n) is 2.87. The Labute approximate surface area is 167 Å². The van der Waals surface area contributed by atoms with Gasteiger partial charge in [0.25, 0.3) is 0 Å². The van der Waals surface area contributed by atoms with Gasteiger partial charge in [0.05, 0.1) is 11.2 Å². The lowest BCUT2D eigenvalue weighted by Gasteiger charge is -2.46. The van der Waals surface area contributed by atoms with E-state index >= 15 is 0 Å². The van der Waals surface area contributed by atoms with Crippen LogP contribution in [0.25, 0.3) is 0 Å². The topological polar surface area (TPSA) is 78.1 Å². The zero-order chi connectivity index (χ0) is 20.6. The number of nitrogens with zero attached hydrogens (tertiary/aromatic N) is 2. The van der Waals surface area contributed by atoms with Crippen molar-refractivity contribution in [2.75, 3.05) is 0 Å². The predicted molar refractivity (Wildman–Crippen MR) is 96.4 cm³/mol. The van der Waals surface area contributed by atoms with Crippen molar-refractivity contribution in [1.29, 1.82) is 0 Å². The van der Waals surface area contributed by atoms with Crippen molar-refractivity contribution in [3.05, 3.63) is 83.1 Å². The van der Waals surface area contributed by atoms with Crippen molar-refractivity contribution in [3.8, 4) is 0 Å². The van der Waals surface area contributed by atoms with Crippen molar-refractivity contribution >= 4 is 29.2 Å². The second-order valence-corrected chi connectivity index (χ2v) is 6.88. The van der Waals surface area contributed by atoms with E-state index < -0.39 is 27.7 Å². The highest BCUT2D eigenvalue weighted by molar-refractivity contribution is 6.35. The van der Waals surface area contributed by atoms with Crippen LogP contribution in [0.5, 0.6) is 0 Å². The van der Waals surface area contributed by atoms with E-state index in [1.807, 2.05) is 0 Å². The maximum absolute atomic E-state index is 14.2. The molecule has 1 aliphatic carbocycles. The molecule has 0 spiro atoms. The third-order valence-electron chi connectivity index (χ3n) is 4.12. The number of carbonyl (C=O) groups excluding carboxylic acids is 1. The molecular formula is C18H12Cl2F3N3O2. The molecule has 3 rings (SSSR count). The maximum Gasteiger partial charge on any atom is 0.415 e. The molecule has 1 aliphatic rings. The van der Waals surface area contributed by atoms with E-state index in [1.54, 1.807) is 6.07 Å². The van der Waals surface area contributed by atoms with Crippen molar-refractivity contribution in [1.82, 2.24) is 9.97 Å². The van der Waals surface area contributed by atoms with Crippen LogP contribution in [0.2, 0.25) is 0 Å². The molecule has 0 saturated carbocycles. The number of alkyl halides is 4. The minimum atomic E-state index is -5.09. The molecule has 1 aromatic heterocycles. The van der Waals surface area contributed by atoms with Crippen LogP contribution < -0.4 is 5.73 Å². The van der Waals surface area contributed by atoms with Crippen LogP contribution in [-0.2, 0) is 10.3 Å². The van der Waals surface area contributed by atoms with Crippen molar-refractivity contribution < 1.29 is 22.7 Å². The van der Waals surface area contributed by atoms with E-state index in [0.29, 0.717) is 6.08 Å². The van der Waals surface area contributed by atoms with Crippen LogP contribution in [-0.4, -0.2) is 27.0 Å². The zero-order valence-electron chi connectivity index (χ0n) is 14.0. The first kappa shape index (κ1) is 20.2. The molecule has 2 N–H and O–H groups in total. The summed E-state index contributed by atoms with van der Waals surface area (Å²) in [5.74, 6) is -1.19. The largest absolute Gasteiger partial charge is 0.441 e.